The lowest BCUT2D eigenvalue weighted by molar-refractivity contribution is -0.137. The van der Waals surface area contributed by atoms with Gasteiger partial charge in [0.15, 0.2) is 11.5 Å². The number of fused-ring (bicyclic) bond motifs is 1. The van der Waals surface area contributed by atoms with Crippen molar-refractivity contribution in [1.82, 2.24) is 15.5 Å². The first kappa shape index (κ1) is 18.6. The molecule has 1 saturated heterocycles. The summed E-state index contributed by atoms with van der Waals surface area (Å²) in [4.78, 5) is 38.6. The molecule has 28 heavy (non-hydrogen) atoms. The van der Waals surface area contributed by atoms with E-state index in [1.165, 1.54) is 0 Å². The largest absolute Gasteiger partial charge is 0.454 e. The van der Waals surface area contributed by atoms with Gasteiger partial charge in [-0.3, -0.25) is 14.5 Å². The van der Waals surface area contributed by atoms with Crippen LogP contribution in [0, 0.1) is 5.92 Å². The summed E-state index contributed by atoms with van der Waals surface area (Å²) in [5.74, 6) is 0.893. The van der Waals surface area contributed by atoms with Gasteiger partial charge >= 0.3 is 6.03 Å². The fraction of sp³-hybridized carbons (Fsp3) is 0.550. The fourth-order valence-electron chi connectivity index (χ4n) is 4.28. The molecule has 2 atom stereocenters. The minimum Gasteiger partial charge on any atom is -0.454 e. The quantitative estimate of drug-likeness (QED) is 0.748. The zero-order chi connectivity index (χ0) is 19.7. The van der Waals surface area contributed by atoms with Crippen molar-refractivity contribution < 1.29 is 23.9 Å². The van der Waals surface area contributed by atoms with Crippen LogP contribution in [0.4, 0.5) is 4.79 Å². The Labute approximate surface area is 163 Å². The summed E-state index contributed by atoms with van der Waals surface area (Å²) < 4.78 is 10.6. The molecule has 2 N–H and O–H groups in total. The van der Waals surface area contributed by atoms with E-state index in [0.29, 0.717) is 25.1 Å². The molecule has 0 bridgehead atoms. The molecule has 0 radical (unpaired) electrons. The molecule has 1 aromatic rings. The van der Waals surface area contributed by atoms with Crippen molar-refractivity contribution in [3.05, 3.63) is 23.8 Å². The molecule has 0 aromatic heterocycles. The number of rotatable bonds is 5. The Balaban J connectivity index is 1.30. The molecule has 150 valence electrons. The third kappa shape index (κ3) is 3.27. The van der Waals surface area contributed by atoms with E-state index >= 15 is 0 Å². The zero-order valence-corrected chi connectivity index (χ0v) is 16.0. The third-order valence-corrected chi connectivity index (χ3v) is 5.98. The standard InChI is InChI=1S/C20H25N3O5/c1-13-4-2-3-8-20(13)18(25)23(19(26)22-20)11-17(24)21-9-7-14-5-6-15-16(10-14)28-12-27-15/h5-6,10,13H,2-4,7-9,11-12H2,1H3,(H,21,24)(H,22,26). The van der Waals surface area contributed by atoms with Crippen molar-refractivity contribution in [2.24, 2.45) is 5.92 Å². The molecule has 8 nitrogen and oxygen atoms in total. The Morgan fingerprint density at radius 2 is 2.11 bits per heavy atom. The van der Waals surface area contributed by atoms with Crippen LogP contribution in [-0.4, -0.2) is 48.2 Å². The fourth-order valence-corrected chi connectivity index (χ4v) is 4.28. The molecule has 8 heteroatoms. The molecule has 2 unspecified atom stereocenters. The van der Waals surface area contributed by atoms with Gasteiger partial charge in [-0.05, 0) is 42.9 Å². The first-order valence-electron chi connectivity index (χ1n) is 9.79. The second kappa shape index (κ2) is 7.33. The molecule has 1 spiro atoms. The lowest BCUT2D eigenvalue weighted by atomic mass is 9.73. The number of hydrogen-bond donors (Lipinski definition) is 2. The van der Waals surface area contributed by atoms with Gasteiger partial charge in [0.25, 0.3) is 5.91 Å². The summed E-state index contributed by atoms with van der Waals surface area (Å²) in [7, 11) is 0. The maximum Gasteiger partial charge on any atom is 0.325 e. The summed E-state index contributed by atoms with van der Waals surface area (Å²) >= 11 is 0. The topological polar surface area (TPSA) is 97.0 Å². The molecular weight excluding hydrogens is 362 g/mol. The number of amides is 4. The van der Waals surface area contributed by atoms with Gasteiger partial charge in [-0.2, -0.15) is 0 Å². The summed E-state index contributed by atoms with van der Waals surface area (Å²) in [6, 6.07) is 5.19. The minimum absolute atomic E-state index is 0.0803. The molecule has 2 fully saturated rings. The number of urea groups is 1. The second-order valence-electron chi connectivity index (χ2n) is 7.73. The second-order valence-corrected chi connectivity index (χ2v) is 7.73. The van der Waals surface area contributed by atoms with Crippen molar-refractivity contribution >= 4 is 17.8 Å². The van der Waals surface area contributed by atoms with Crippen LogP contribution in [-0.2, 0) is 16.0 Å². The van der Waals surface area contributed by atoms with Crippen LogP contribution in [0.5, 0.6) is 11.5 Å². The van der Waals surface area contributed by atoms with Crippen molar-refractivity contribution in [1.29, 1.82) is 0 Å². The van der Waals surface area contributed by atoms with Gasteiger partial charge in [0.1, 0.15) is 12.1 Å². The number of benzene rings is 1. The van der Waals surface area contributed by atoms with Crippen LogP contribution in [0.15, 0.2) is 18.2 Å². The summed E-state index contributed by atoms with van der Waals surface area (Å²) in [6.45, 7) is 2.37. The summed E-state index contributed by atoms with van der Waals surface area (Å²) in [5, 5.41) is 5.65. The number of imide groups is 1. The molecule has 1 aliphatic carbocycles. The molecule has 4 amide bonds. The van der Waals surface area contributed by atoms with Crippen LogP contribution in [0.1, 0.15) is 38.2 Å². The Morgan fingerprint density at radius 3 is 2.93 bits per heavy atom. The third-order valence-electron chi connectivity index (χ3n) is 5.98. The van der Waals surface area contributed by atoms with E-state index in [2.05, 4.69) is 10.6 Å². The van der Waals surface area contributed by atoms with E-state index in [1.54, 1.807) is 0 Å². The molecule has 4 rings (SSSR count). The van der Waals surface area contributed by atoms with E-state index in [9.17, 15) is 14.4 Å². The van der Waals surface area contributed by atoms with Gasteiger partial charge < -0.3 is 20.1 Å². The van der Waals surface area contributed by atoms with Gasteiger partial charge in [0, 0.05) is 6.54 Å². The molecule has 2 heterocycles. The smallest absolute Gasteiger partial charge is 0.325 e. The number of hydrogen-bond acceptors (Lipinski definition) is 5. The van der Waals surface area contributed by atoms with Gasteiger partial charge in [0.2, 0.25) is 12.7 Å². The number of nitrogens with one attached hydrogen (secondary N) is 2. The van der Waals surface area contributed by atoms with E-state index in [4.69, 9.17) is 9.47 Å². The number of carbonyl (C=O) groups is 3. The molecule has 2 aliphatic heterocycles. The highest BCUT2D eigenvalue weighted by Crippen LogP contribution is 2.38. The van der Waals surface area contributed by atoms with Crippen molar-refractivity contribution in [2.45, 2.75) is 44.6 Å². The van der Waals surface area contributed by atoms with Crippen LogP contribution in [0.2, 0.25) is 0 Å². The van der Waals surface area contributed by atoms with E-state index in [0.717, 1.165) is 35.5 Å². The Kier molecular flexibility index (Phi) is 4.87. The first-order chi connectivity index (χ1) is 13.5. The van der Waals surface area contributed by atoms with Gasteiger partial charge in [-0.25, -0.2) is 4.79 Å². The predicted octanol–water partition coefficient (Wildman–Crippen LogP) is 1.57. The van der Waals surface area contributed by atoms with Gasteiger partial charge in [-0.1, -0.05) is 25.8 Å². The average molecular weight is 387 g/mol. The lowest BCUT2D eigenvalue weighted by Crippen LogP contribution is -2.54. The minimum atomic E-state index is -0.831. The van der Waals surface area contributed by atoms with Crippen molar-refractivity contribution in [2.75, 3.05) is 19.9 Å². The first-order valence-corrected chi connectivity index (χ1v) is 9.79. The molecular formula is C20H25N3O5. The molecule has 3 aliphatic rings. The normalized spacial score (nSPS) is 25.9. The molecule has 1 saturated carbocycles. The number of ether oxygens (including phenoxy) is 2. The number of carbonyl (C=O) groups excluding carboxylic acids is 3. The predicted molar refractivity (Wildman–Crippen MR) is 99.9 cm³/mol. The van der Waals surface area contributed by atoms with E-state index < -0.39 is 11.6 Å². The maximum atomic E-state index is 12.9. The lowest BCUT2D eigenvalue weighted by Gasteiger charge is -2.36. The monoisotopic (exact) mass is 387 g/mol. The highest BCUT2D eigenvalue weighted by Gasteiger charge is 2.55. The van der Waals surface area contributed by atoms with Crippen molar-refractivity contribution in [3.8, 4) is 11.5 Å². The highest BCUT2D eigenvalue weighted by molar-refractivity contribution is 6.09. The Hall–Kier alpha value is -2.77. The van der Waals surface area contributed by atoms with E-state index in [1.807, 2.05) is 25.1 Å². The average Bonchev–Trinajstić information content (AvgIpc) is 3.23. The summed E-state index contributed by atoms with van der Waals surface area (Å²) in [5.41, 5.74) is 0.178. The van der Waals surface area contributed by atoms with Gasteiger partial charge in [0.05, 0.1) is 0 Å². The maximum absolute atomic E-state index is 12.9. The van der Waals surface area contributed by atoms with E-state index in [-0.39, 0.29) is 31.1 Å². The molecule has 1 aromatic carbocycles. The van der Waals surface area contributed by atoms with Crippen LogP contribution >= 0.6 is 0 Å². The highest BCUT2D eigenvalue weighted by atomic mass is 16.7. The van der Waals surface area contributed by atoms with Crippen molar-refractivity contribution in [3.63, 3.8) is 0 Å². The van der Waals surface area contributed by atoms with Crippen LogP contribution in [0.25, 0.3) is 0 Å². The summed E-state index contributed by atoms with van der Waals surface area (Å²) in [6.07, 6.45) is 4.13. The van der Waals surface area contributed by atoms with Crippen LogP contribution < -0.4 is 20.1 Å². The Bertz CT molecular complexity index is 811. The van der Waals surface area contributed by atoms with Crippen LogP contribution in [0.3, 0.4) is 0 Å². The number of nitrogens with zero attached hydrogens (tertiary/aromatic N) is 1. The Morgan fingerprint density at radius 1 is 1.29 bits per heavy atom. The zero-order valence-electron chi connectivity index (χ0n) is 16.0. The van der Waals surface area contributed by atoms with Gasteiger partial charge in [-0.15, -0.1) is 0 Å². The SMILES string of the molecule is CC1CCCCC12NC(=O)N(CC(=O)NCCc1ccc3c(c1)OCO3)C2=O.